The van der Waals surface area contributed by atoms with Crippen LogP contribution in [0.25, 0.3) is 0 Å². The Morgan fingerprint density at radius 1 is 1.39 bits per heavy atom. The minimum Gasteiger partial charge on any atom is -0.481 e. The molecule has 1 aromatic carbocycles. The third-order valence-electron chi connectivity index (χ3n) is 5.04. The lowest BCUT2D eigenvalue weighted by Gasteiger charge is -2.26. The highest BCUT2D eigenvalue weighted by atomic mass is 19.1. The van der Waals surface area contributed by atoms with E-state index in [0.29, 0.717) is 12.1 Å². The Kier molecular flexibility index (Phi) is 6.80. The largest absolute Gasteiger partial charge is 0.481 e. The van der Waals surface area contributed by atoms with E-state index in [0.717, 1.165) is 11.1 Å². The summed E-state index contributed by atoms with van der Waals surface area (Å²) >= 11 is 0. The molecule has 28 heavy (non-hydrogen) atoms. The van der Waals surface area contributed by atoms with E-state index in [-0.39, 0.29) is 24.7 Å². The van der Waals surface area contributed by atoms with Crippen molar-refractivity contribution in [2.24, 2.45) is 5.16 Å². The molecular weight excluding hydrogens is 363 g/mol. The number of oxime groups is 1. The molecule has 0 aromatic heterocycles. The third-order valence-corrected chi connectivity index (χ3v) is 5.04. The molecule has 7 heteroatoms. The smallest absolute Gasteiger partial charge is 0.305 e. The van der Waals surface area contributed by atoms with Gasteiger partial charge in [-0.05, 0) is 35.4 Å². The molecular formula is C21H29FN2O4. The maximum Gasteiger partial charge on any atom is 0.305 e. The summed E-state index contributed by atoms with van der Waals surface area (Å²) in [5.41, 5.74) is 1.48. The lowest BCUT2D eigenvalue weighted by molar-refractivity contribution is -0.146. The van der Waals surface area contributed by atoms with Crippen LogP contribution in [0.15, 0.2) is 29.4 Å². The number of halogens is 1. The number of rotatable bonds is 8. The van der Waals surface area contributed by atoms with Crippen LogP contribution in [0.4, 0.5) is 4.39 Å². The van der Waals surface area contributed by atoms with Gasteiger partial charge in [0, 0.05) is 12.5 Å². The van der Waals surface area contributed by atoms with E-state index >= 15 is 0 Å². The van der Waals surface area contributed by atoms with Crippen molar-refractivity contribution in [3.05, 3.63) is 35.4 Å². The van der Waals surface area contributed by atoms with E-state index in [1.54, 1.807) is 0 Å². The molecule has 0 aliphatic carbocycles. The second-order valence-electron chi connectivity index (χ2n) is 8.23. The molecule has 1 heterocycles. The van der Waals surface area contributed by atoms with E-state index in [1.165, 1.54) is 0 Å². The summed E-state index contributed by atoms with van der Waals surface area (Å²) in [5, 5.41) is 15.8. The first-order chi connectivity index (χ1) is 13.1. The minimum atomic E-state index is -1.21. The Hall–Kier alpha value is -2.44. The van der Waals surface area contributed by atoms with Crippen molar-refractivity contribution in [1.82, 2.24) is 5.32 Å². The SMILES string of the molecule is CCC1(C(=O)NC(CCF)CC(=O)O)CC(c2cccc(C(C)(C)C)c2)=NO1. The van der Waals surface area contributed by atoms with Gasteiger partial charge < -0.3 is 15.3 Å². The van der Waals surface area contributed by atoms with Crippen LogP contribution in [-0.4, -0.2) is 41.0 Å². The molecule has 2 atom stereocenters. The number of carbonyl (C=O) groups is 2. The summed E-state index contributed by atoms with van der Waals surface area (Å²) in [5.74, 6) is -1.55. The Morgan fingerprint density at radius 2 is 2.11 bits per heavy atom. The predicted molar refractivity (Wildman–Crippen MR) is 105 cm³/mol. The highest BCUT2D eigenvalue weighted by Crippen LogP contribution is 2.32. The zero-order chi connectivity index (χ0) is 20.9. The van der Waals surface area contributed by atoms with Gasteiger partial charge in [0.1, 0.15) is 0 Å². The van der Waals surface area contributed by atoms with Crippen LogP contribution in [0.2, 0.25) is 0 Å². The van der Waals surface area contributed by atoms with Gasteiger partial charge in [0.15, 0.2) is 0 Å². The molecule has 0 fully saturated rings. The van der Waals surface area contributed by atoms with Gasteiger partial charge >= 0.3 is 5.97 Å². The predicted octanol–water partition coefficient (Wildman–Crippen LogP) is 3.58. The number of aliphatic carboxylic acids is 1. The summed E-state index contributed by atoms with van der Waals surface area (Å²) in [6, 6.07) is 7.19. The Labute approximate surface area is 165 Å². The number of nitrogens with zero attached hydrogens (tertiary/aromatic N) is 1. The number of benzene rings is 1. The Bertz CT molecular complexity index is 757. The summed E-state index contributed by atoms with van der Waals surface area (Å²) in [4.78, 5) is 29.4. The Balaban J connectivity index is 2.16. The molecule has 6 nitrogen and oxygen atoms in total. The van der Waals surface area contributed by atoms with Gasteiger partial charge in [0.25, 0.3) is 5.91 Å². The average molecular weight is 392 g/mol. The topological polar surface area (TPSA) is 88.0 Å². The molecule has 0 saturated carbocycles. The van der Waals surface area contributed by atoms with Crippen molar-refractivity contribution < 1.29 is 23.9 Å². The summed E-state index contributed by atoms with van der Waals surface area (Å²) in [6.45, 7) is 7.47. The number of hydrogen-bond acceptors (Lipinski definition) is 4. The maximum absolute atomic E-state index is 12.8. The molecule has 1 aromatic rings. The molecule has 1 aliphatic heterocycles. The monoisotopic (exact) mass is 392 g/mol. The zero-order valence-electron chi connectivity index (χ0n) is 16.9. The van der Waals surface area contributed by atoms with E-state index < -0.39 is 30.2 Å². The van der Waals surface area contributed by atoms with Crippen LogP contribution >= 0.6 is 0 Å². The second-order valence-corrected chi connectivity index (χ2v) is 8.23. The standard InChI is InChI=1S/C21H29FN2O4/c1-5-21(19(27)23-16(9-10-22)12-18(25)26)13-17(24-28-21)14-7-6-8-15(11-14)20(2,3)4/h6-8,11,16H,5,9-10,12-13H2,1-4H3,(H,23,27)(H,25,26). The normalized spacial score (nSPS) is 20.2. The van der Waals surface area contributed by atoms with Gasteiger partial charge in [-0.15, -0.1) is 0 Å². The number of amides is 1. The van der Waals surface area contributed by atoms with Gasteiger partial charge in [-0.1, -0.05) is 51.0 Å². The van der Waals surface area contributed by atoms with Crippen molar-refractivity contribution >= 4 is 17.6 Å². The second kappa shape index (κ2) is 8.71. The molecule has 154 valence electrons. The first-order valence-electron chi connectivity index (χ1n) is 9.56. The van der Waals surface area contributed by atoms with E-state index in [9.17, 15) is 14.0 Å². The summed E-state index contributed by atoms with van der Waals surface area (Å²) in [6.07, 6.45) is 0.245. The molecule has 0 saturated heterocycles. The van der Waals surface area contributed by atoms with Crippen molar-refractivity contribution in [2.45, 2.75) is 70.4 Å². The van der Waals surface area contributed by atoms with Crippen LogP contribution in [0, 0.1) is 0 Å². The van der Waals surface area contributed by atoms with Crippen LogP contribution in [0.1, 0.15) is 64.5 Å². The van der Waals surface area contributed by atoms with Gasteiger partial charge in [-0.2, -0.15) is 0 Å². The summed E-state index contributed by atoms with van der Waals surface area (Å²) < 4.78 is 12.7. The summed E-state index contributed by atoms with van der Waals surface area (Å²) in [7, 11) is 0. The molecule has 2 unspecified atom stereocenters. The van der Waals surface area contributed by atoms with Gasteiger partial charge in [-0.3, -0.25) is 14.0 Å². The molecule has 0 spiro atoms. The molecule has 0 radical (unpaired) electrons. The van der Waals surface area contributed by atoms with E-state index in [1.807, 2.05) is 31.2 Å². The number of carboxylic acids is 1. The first kappa shape index (κ1) is 21.9. The highest BCUT2D eigenvalue weighted by molar-refractivity contribution is 6.05. The first-order valence-corrected chi connectivity index (χ1v) is 9.56. The average Bonchev–Trinajstić information content (AvgIpc) is 3.07. The molecule has 0 bridgehead atoms. The fraction of sp³-hybridized carbons (Fsp3) is 0.571. The van der Waals surface area contributed by atoms with Crippen molar-refractivity contribution in [3.8, 4) is 0 Å². The van der Waals surface area contributed by atoms with Crippen molar-refractivity contribution in [1.29, 1.82) is 0 Å². The lowest BCUT2D eigenvalue weighted by atomic mass is 9.84. The number of hydrogen-bond donors (Lipinski definition) is 2. The molecule has 1 aliphatic rings. The third kappa shape index (κ3) is 5.09. The highest BCUT2D eigenvalue weighted by Gasteiger charge is 2.46. The fourth-order valence-corrected chi connectivity index (χ4v) is 3.15. The van der Waals surface area contributed by atoms with Gasteiger partial charge in [-0.25, -0.2) is 0 Å². The van der Waals surface area contributed by atoms with Crippen LogP contribution < -0.4 is 5.32 Å². The number of alkyl halides is 1. The van der Waals surface area contributed by atoms with Crippen molar-refractivity contribution in [3.63, 3.8) is 0 Å². The fourth-order valence-electron chi connectivity index (χ4n) is 3.15. The lowest BCUT2D eigenvalue weighted by Crippen LogP contribution is -2.50. The van der Waals surface area contributed by atoms with Crippen LogP contribution in [0.3, 0.4) is 0 Å². The Morgan fingerprint density at radius 3 is 2.68 bits per heavy atom. The van der Waals surface area contributed by atoms with Gasteiger partial charge in [0.2, 0.25) is 5.60 Å². The van der Waals surface area contributed by atoms with Crippen molar-refractivity contribution in [2.75, 3.05) is 6.67 Å². The van der Waals surface area contributed by atoms with Crippen LogP contribution in [0.5, 0.6) is 0 Å². The molecule has 1 amide bonds. The van der Waals surface area contributed by atoms with E-state index in [2.05, 4.69) is 31.2 Å². The zero-order valence-corrected chi connectivity index (χ0v) is 16.9. The quantitative estimate of drug-likeness (QED) is 0.708. The molecule has 2 rings (SSSR count). The number of nitrogens with one attached hydrogen (secondary N) is 1. The van der Waals surface area contributed by atoms with E-state index in [4.69, 9.17) is 9.94 Å². The number of carbonyl (C=O) groups excluding carboxylic acids is 1. The van der Waals surface area contributed by atoms with Gasteiger partial charge in [0.05, 0.1) is 18.8 Å². The van der Waals surface area contributed by atoms with Crippen LogP contribution in [-0.2, 0) is 19.8 Å². The number of carboxylic acid groups (broad SMARTS) is 1. The minimum absolute atomic E-state index is 0.0222. The maximum atomic E-state index is 12.8. The molecule has 2 N–H and O–H groups in total.